The lowest BCUT2D eigenvalue weighted by atomic mass is 9.95. The van der Waals surface area contributed by atoms with Crippen LogP contribution in [0.2, 0.25) is 0 Å². The molecule has 0 saturated carbocycles. The maximum atomic E-state index is 13.5. The highest BCUT2D eigenvalue weighted by Crippen LogP contribution is 2.45. The Morgan fingerprint density at radius 1 is 0.795 bits per heavy atom. The van der Waals surface area contributed by atoms with Crippen molar-refractivity contribution in [2.24, 2.45) is 0 Å². The summed E-state index contributed by atoms with van der Waals surface area (Å²) in [5.41, 5.74) is 0.829. The first-order chi connectivity index (χ1) is 21.3. The molecule has 1 saturated heterocycles. The fraction of sp³-hybridized carbons (Fsp3) is 0.212. The van der Waals surface area contributed by atoms with Gasteiger partial charge in [0.05, 0.1) is 28.7 Å². The predicted molar refractivity (Wildman–Crippen MR) is 157 cm³/mol. The summed E-state index contributed by atoms with van der Waals surface area (Å²) in [4.78, 5) is 52.9. The first kappa shape index (κ1) is 28.7. The van der Waals surface area contributed by atoms with Gasteiger partial charge in [-0.3, -0.25) is 4.57 Å². The number of fused-ring (bicyclic) bond motifs is 1. The zero-order valence-electron chi connectivity index (χ0n) is 23.9. The van der Waals surface area contributed by atoms with Crippen molar-refractivity contribution in [3.8, 4) is 0 Å². The van der Waals surface area contributed by atoms with E-state index in [2.05, 4.69) is 15.0 Å². The molecule has 1 aliphatic heterocycles. The molecule has 6 rings (SSSR count). The molecular weight excluding hydrogens is 564 g/mol. The third-order valence-corrected chi connectivity index (χ3v) is 7.44. The number of nitrogens with zero attached hydrogens (tertiary/aromatic N) is 4. The van der Waals surface area contributed by atoms with Crippen LogP contribution in [0.15, 0.2) is 104 Å². The summed E-state index contributed by atoms with van der Waals surface area (Å²) in [6.07, 6.45) is -0.473. The molecule has 222 valence electrons. The summed E-state index contributed by atoms with van der Waals surface area (Å²) < 4.78 is 26.0. The van der Waals surface area contributed by atoms with Crippen LogP contribution in [0, 0.1) is 6.92 Å². The van der Waals surface area contributed by atoms with Gasteiger partial charge in [0.2, 0.25) is 0 Å². The summed E-state index contributed by atoms with van der Waals surface area (Å²) >= 11 is 0. The van der Waals surface area contributed by atoms with Crippen LogP contribution in [0.5, 0.6) is 0 Å². The van der Waals surface area contributed by atoms with Gasteiger partial charge in [-0.05, 0) is 50.2 Å². The highest BCUT2D eigenvalue weighted by Gasteiger charge is 2.60. The number of esters is 3. The maximum absolute atomic E-state index is 13.5. The number of hydrogen-bond acceptors (Lipinski definition) is 10. The van der Waals surface area contributed by atoms with Gasteiger partial charge in [0.1, 0.15) is 24.6 Å². The molecule has 0 aliphatic carbocycles. The third kappa shape index (κ3) is 5.52. The molecule has 3 aromatic carbocycles. The quantitative estimate of drug-likeness (QED) is 0.184. The molecule has 5 aromatic rings. The largest absolute Gasteiger partial charge is 0.459 e. The van der Waals surface area contributed by atoms with Gasteiger partial charge in [0.25, 0.3) is 0 Å². The van der Waals surface area contributed by atoms with Gasteiger partial charge in [-0.15, -0.1) is 0 Å². The Morgan fingerprint density at radius 3 is 1.98 bits per heavy atom. The lowest BCUT2D eigenvalue weighted by Gasteiger charge is -2.34. The molecule has 0 spiro atoms. The van der Waals surface area contributed by atoms with Gasteiger partial charge in [-0.2, -0.15) is 0 Å². The van der Waals surface area contributed by atoms with E-state index in [0.29, 0.717) is 22.4 Å². The molecule has 0 radical (unpaired) electrons. The Labute approximate surface area is 252 Å². The molecule has 11 heteroatoms. The summed E-state index contributed by atoms with van der Waals surface area (Å²) in [6, 6.07) is 25.3. The number of aryl methyl sites for hydroxylation is 1. The van der Waals surface area contributed by atoms with Gasteiger partial charge in [0.15, 0.2) is 23.6 Å². The first-order valence-electron chi connectivity index (χ1n) is 13.9. The minimum absolute atomic E-state index is 0.282. The van der Waals surface area contributed by atoms with E-state index in [1.807, 2.05) is 0 Å². The van der Waals surface area contributed by atoms with E-state index >= 15 is 0 Å². The second-order valence-corrected chi connectivity index (χ2v) is 10.4. The molecule has 0 bridgehead atoms. The van der Waals surface area contributed by atoms with Crippen LogP contribution in [-0.2, 0) is 18.9 Å². The van der Waals surface area contributed by atoms with E-state index < -0.39 is 41.9 Å². The molecule has 1 fully saturated rings. The van der Waals surface area contributed by atoms with E-state index in [4.69, 9.17) is 18.9 Å². The highest BCUT2D eigenvalue weighted by molar-refractivity contribution is 5.91. The van der Waals surface area contributed by atoms with E-state index in [-0.39, 0.29) is 17.7 Å². The second-order valence-electron chi connectivity index (χ2n) is 10.4. The summed E-state index contributed by atoms with van der Waals surface area (Å²) in [5, 5.41) is 0. The number of ether oxygens (including phenoxy) is 4. The maximum Gasteiger partial charge on any atom is 0.338 e. The Morgan fingerprint density at radius 2 is 1.36 bits per heavy atom. The number of carbonyl (C=O) groups excluding carboxylic acids is 3. The molecule has 11 nitrogen and oxygen atoms in total. The van der Waals surface area contributed by atoms with Crippen LogP contribution in [0.3, 0.4) is 0 Å². The monoisotopic (exact) mass is 592 g/mol. The highest BCUT2D eigenvalue weighted by atomic mass is 16.7. The van der Waals surface area contributed by atoms with E-state index in [9.17, 15) is 14.4 Å². The van der Waals surface area contributed by atoms with Crippen molar-refractivity contribution in [1.82, 2.24) is 19.5 Å². The molecule has 4 atom stereocenters. The smallest absolute Gasteiger partial charge is 0.338 e. The van der Waals surface area contributed by atoms with E-state index in [1.54, 1.807) is 109 Å². The van der Waals surface area contributed by atoms with Gasteiger partial charge in [-0.25, -0.2) is 29.3 Å². The van der Waals surface area contributed by atoms with Crippen molar-refractivity contribution < 1.29 is 33.3 Å². The van der Waals surface area contributed by atoms with Gasteiger partial charge in [-0.1, -0.05) is 54.6 Å². The van der Waals surface area contributed by atoms with Crippen LogP contribution in [-0.4, -0.2) is 61.8 Å². The van der Waals surface area contributed by atoms with Gasteiger partial charge < -0.3 is 18.9 Å². The van der Waals surface area contributed by atoms with Crippen molar-refractivity contribution >= 4 is 29.1 Å². The fourth-order valence-electron chi connectivity index (χ4n) is 5.20. The molecule has 2 aromatic heterocycles. The Bertz CT molecular complexity index is 1800. The Balaban J connectivity index is 1.41. The molecule has 44 heavy (non-hydrogen) atoms. The molecule has 3 heterocycles. The van der Waals surface area contributed by atoms with Crippen LogP contribution in [0.25, 0.3) is 11.2 Å². The third-order valence-electron chi connectivity index (χ3n) is 7.44. The molecule has 1 aliphatic rings. The summed E-state index contributed by atoms with van der Waals surface area (Å²) in [6.45, 7) is 3.10. The molecule has 0 amide bonds. The van der Waals surface area contributed by atoms with Crippen LogP contribution < -0.4 is 0 Å². The van der Waals surface area contributed by atoms with Crippen molar-refractivity contribution in [2.45, 2.75) is 37.9 Å². The number of benzene rings is 3. The van der Waals surface area contributed by atoms with Gasteiger partial charge in [0, 0.05) is 0 Å². The fourth-order valence-corrected chi connectivity index (χ4v) is 5.20. The zero-order valence-corrected chi connectivity index (χ0v) is 23.9. The Hall–Kier alpha value is -5.42. The first-order valence-corrected chi connectivity index (χ1v) is 13.9. The topological polar surface area (TPSA) is 132 Å². The van der Waals surface area contributed by atoms with Crippen molar-refractivity contribution in [3.05, 3.63) is 126 Å². The standard InChI is InChI=1S/C33H28N4O7/c1-21-26-28(35-19-34-21)37(20-36-26)32-33(2,44-31(40)24-16-10-5-11-17-24)27(43-30(39)23-14-8-4-9-15-23)25(42-32)18-41-29(38)22-12-6-3-7-13-22/h3-17,19-20,25,27,32H,18H2,1-2H3/t25-,27?,32-,33+/m1/s1. The molecular formula is C33H28N4O7. The zero-order chi connectivity index (χ0) is 30.7. The Kier molecular flexibility index (Phi) is 7.86. The minimum Gasteiger partial charge on any atom is -0.459 e. The van der Waals surface area contributed by atoms with Gasteiger partial charge >= 0.3 is 17.9 Å². The lowest BCUT2D eigenvalue weighted by Crippen LogP contribution is -2.50. The van der Waals surface area contributed by atoms with Crippen molar-refractivity contribution in [3.63, 3.8) is 0 Å². The number of rotatable bonds is 8. The minimum atomic E-state index is -1.65. The molecule has 1 unspecified atom stereocenters. The average molecular weight is 593 g/mol. The van der Waals surface area contributed by atoms with Crippen LogP contribution in [0.1, 0.15) is 49.9 Å². The van der Waals surface area contributed by atoms with E-state index in [1.165, 1.54) is 12.7 Å². The summed E-state index contributed by atoms with van der Waals surface area (Å²) in [7, 11) is 0. The normalized spacial score (nSPS) is 21.1. The molecule has 0 N–H and O–H groups in total. The predicted octanol–water partition coefficient (Wildman–Crippen LogP) is 4.73. The lowest BCUT2D eigenvalue weighted by molar-refractivity contribution is -0.108. The van der Waals surface area contributed by atoms with E-state index in [0.717, 1.165) is 0 Å². The van der Waals surface area contributed by atoms with Crippen LogP contribution >= 0.6 is 0 Å². The summed E-state index contributed by atoms with van der Waals surface area (Å²) in [5.74, 6) is -1.93. The SMILES string of the molecule is Cc1ncnc2c1ncn2[C@@H]1O[C@H](COC(=O)c2ccccc2)C(OC(=O)c2ccccc2)[C@]1(C)OC(=O)c1ccccc1. The number of aromatic nitrogens is 4. The number of hydrogen-bond donors (Lipinski definition) is 0. The number of imidazole rings is 1. The number of carbonyl (C=O) groups is 3. The second kappa shape index (κ2) is 12.1. The van der Waals surface area contributed by atoms with Crippen molar-refractivity contribution in [1.29, 1.82) is 0 Å². The van der Waals surface area contributed by atoms with Crippen LogP contribution in [0.4, 0.5) is 0 Å². The average Bonchev–Trinajstić information content (AvgIpc) is 3.60. The van der Waals surface area contributed by atoms with Crippen molar-refractivity contribution in [2.75, 3.05) is 6.61 Å².